The van der Waals surface area contributed by atoms with E-state index in [0.717, 1.165) is 15.6 Å². The number of nitrogens with one attached hydrogen (secondary N) is 1. The zero-order chi connectivity index (χ0) is 16.3. The third-order valence-electron chi connectivity index (χ3n) is 3.29. The van der Waals surface area contributed by atoms with Gasteiger partial charge in [0.15, 0.2) is 0 Å². The first-order chi connectivity index (χ1) is 11.1. The second kappa shape index (κ2) is 6.49. The Hall–Kier alpha value is -2.22. The van der Waals surface area contributed by atoms with Crippen LogP contribution in [0.15, 0.2) is 58.9 Å². The summed E-state index contributed by atoms with van der Waals surface area (Å²) < 4.78 is 27.8. The van der Waals surface area contributed by atoms with Gasteiger partial charge in [0.2, 0.25) is 10.0 Å². The fraction of sp³-hybridized carbons (Fsp3) is 0.0625. The summed E-state index contributed by atoms with van der Waals surface area (Å²) in [7, 11) is -3.49. The van der Waals surface area contributed by atoms with E-state index in [4.69, 9.17) is 5.73 Å². The molecule has 7 heteroatoms. The molecule has 0 bridgehead atoms. The number of hydrogen-bond acceptors (Lipinski definition) is 5. The highest BCUT2D eigenvalue weighted by Crippen LogP contribution is 2.28. The Morgan fingerprint density at radius 3 is 2.78 bits per heavy atom. The number of nitrogen functional groups attached to an aromatic ring is 1. The third kappa shape index (κ3) is 3.42. The average Bonchev–Trinajstić information content (AvgIpc) is 3.05. The number of nitrogens with two attached hydrogens (primary N) is 1. The summed E-state index contributed by atoms with van der Waals surface area (Å²) in [5, 5.41) is 2.88. The van der Waals surface area contributed by atoms with Crippen molar-refractivity contribution in [3.8, 4) is 0 Å². The van der Waals surface area contributed by atoms with Crippen LogP contribution in [-0.4, -0.2) is 19.9 Å². The molecule has 0 saturated heterocycles. The van der Waals surface area contributed by atoms with Crippen molar-refractivity contribution in [1.29, 1.82) is 0 Å². The minimum absolute atomic E-state index is 0.203. The summed E-state index contributed by atoms with van der Waals surface area (Å²) in [5.41, 5.74) is 6.75. The van der Waals surface area contributed by atoms with Crippen LogP contribution >= 0.6 is 11.3 Å². The highest BCUT2D eigenvalue weighted by atomic mass is 32.2. The number of nitrogens with zero attached hydrogens (tertiary/aromatic N) is 1. The highest BCUT2D eigenvalue weighted by Gasteiger charge is 2.11. The second-order valence-corrected chi connectivity index (χ2v) is 7.51. The summed E-state index contributed by atoms with van der Waals surface area (Å²) in [6, 6.07) is 10.2. The number of rotatable bonds is 5. The van der Waals surface area contributed by atoms with Crippen LogP contribution in [0.1, 0.15) is 5.56 Å². The molecule has 0 saturated carbocycles. The fourth-order valence-electron chi connectivity index (χ4n) is 2.15. The zero-order valence-corrected chi connectivity index (χ0v) is 13.8. The van der Waals surface area contributed by atoms with Gasteiger partial charge in [-0.05, 0) is 23.6 Å². The first-order valence-electron chi connectivity index (χ1n) is 6.91. The molecule has 0 amide bonds. The normalized spacial score (nSPS) is 12.2. The van der Waals surface area contributed by atoms with E-state index >= 15 is 0 Å². The maximum Gasteiger partial charge on any atom is 0.240 e. The van der Waals surface area contributed by atoms with Crippen LogP contribution in [0.5, 0.6) is 0 Å². The maximum absolute atomic E-state index is 12.1. The average molecular weight is 345 g/mol. The Labute approximate surface area is 138 Å². The van der Waals surface area contributed by atoms with E-state index in [1.165, 1.54) is 0 Å². The van der Waals surface area contributed by atoms with E-state index in [1.807, 2.05) is 17.5 Å². The minimum atomic E-state index is -3.49. The lowest BCUT2D eigenvalue weighted by atomic mass is 10.2. The topological polar surface area (TPSA) is 85.1 Å². The van der Waals surface area contributed by atoms with Crippen LogP contribution in [0.2, 0.25) is 0 Å². The predicted molar refractivity (Wildman–Crippen MR) is 94.7 cm³/mol. The Morgan fingerprint density at radius 2 is 2.00 bits per heavy atom. The Bertz CT molecular complexity index is 948. The molecule has 2 aromatic heterocycles. The molecule has 0 fully saturated rings. The van der Waals surface area contributed by atoms with E-state index in [2.05, 4.69) is 9.71 Å². The van der Waals surface area contributed by atoms with Crippen molar-refractivity contribution < 1.29 is 8.42 Å². The summed E-state index contributed by atoms with van der Waals surface area (Å²) in [6.07, 6.45) is 5.29. The van der Waals surface area contributed by atoms with Crippen molar-refractivity contribution in [3.05, 3.63) is 59.6 Å². The molecule has 0 unspecified atom stereocenters. The highest BCUT2D eigenvalue weighted by molar-refractivity contribution is 7.89. The Balaban J connectivity index is 1.72. The first kappa shape index (κ1) is 15.7. The molecule has 2 heterocycles. The molecule has 0 aliphatic carbocycles. The van der Waals surface area contributed by atoms with Crippen molar-refractivity contribution >= 4 is 43.3 Å². The van der Waals surface area contributed by atoms with Gasteiger partial charge in [0.05, 0.1) is 4.90 Å². The number of anilines is 1. The van der Waals surface area contributed by atoms with Crippen LogP contribution in [0.3, 0.4) is 0 Å². The van der Waals surface area contributed by atoms with Gasteiger partial charge in [-0.2, -0.15) is 0 Å². The number of pyridine rings is 1. The van der Waals surface area contributed by atoms with E-state index in [9.17, 15) is 8.42 Å². The number of hydrogen-bond donors (Lipinski definition) is 2. The van der Waals surface area contributed by atoms with Crippen LogP contribution in [0.4, 0.5) is 5.82 Å². The quantitative estimate of drug-likeness (QED) is 0.744. The van der Waals surface area contributed by atoms with Gasteiger partial charge in [0.1, 0.15) is 5.82 Å². The van der Waals surface area contributed by atoms with Crippen molar-refractivity contribution in [3.63, 3.8) is 0 Å². The van der Waals surface area contributed by atoms with Crippen molar-refractivity contribution in [1.82, 2.24) is 9.71 Å². The monoisotopic (exact) mass is 345 g/mol. The van der Waals surface area contributed by atoms with Crippen molar-refractivity contribution in [2.75, 3.05) is 12.3 Å². The van der Waals surface area contributed by atoms with Gasteiger partial charge < -0.3 is 5.73 Å². The van der Waals surface area contributed by atoms with Gasteiger partial charge in [-0.15, -0.1) is 11.3 Å². The molecule has 3 aromatic rings. The molecule has 118 valence electrons. The van der Waals surface area contributed by atoms with Gasteiger partial charge in [-0.25, -0.2) is 18.1 Å². The maximum atomic E-state index is 12.1. The van der Waals surface area contributed by atoms with Crippen LogP contribution < -0.4 is 10.5 Å². The molecule has 1 aromatic carbocycles. The largest absolute Gasteiger partial charge is 0.383 e. The van der Waals surface area contributed by atoms with E-state index in [-0.39, 0.29) is 11.4 Å². The van der Waals surface area contributed by atoms with Crippen LogP contribution in [0.25, 0.3) is 16.2 Å². The summed E-state index contributed by atoms with van der Waals surface area (Å²) in [5.74, 6) is 0.503. The van der Waals surface area contributed by atoms with Gasteiger partial charge in [0.25, 0.3) is 0 Å². The molecule has 0 aliphatic rings. The van der Waals surface area contributed by atoms with E-state index in [1.54, 1.807) is 53.9 Å². The smallest absolute Gasteiger partial charge is 0.240 e. The minimum Gasteiger partial charge on any atom is -0.383 e. The van der Waals surface area contributed by atoms with E-state index < -0.39 is 10.0 Å². The third-order valence-corrected chi connectivity index (χ3v) is 5.69. The lowest BCUT2D eigenvalue weighted by molar-refractivity contribution is 0.585. The summed E-state index contributed by atoms with van der Waals surface area (Å²) in [4.78, 5) is 4.40. The molecular formula is C16H15N3O2S2. The standard InChI is InChI=1S/C16H15N3O2S2/c17-16-14-8-10-22-15(14)12(11-18-16)5-4-9-19-23(20,21)13-6-2-1-3-7-13/h1-8,10-11,19H,9H2,(H2,17,18)/b5-4+. The lowest BCUT2D eigenvalue weighted by Gasteiger charge is -2.04. The van der Waals surface area contributed by atoms with Crippen molar-refractivity contribution in [2.24, 2.45) is 0 Å². The number of aromatic nitrogens is 1. The van der Waals surface area contributed by atoms with Gasteiger partial charge in [0, 0.05) is 28.4 Å². The molecule has 0 spiro atoms. The molecule has 5 nitrogen and oxygen atoms in total. The fourth-order valence-corrected chi connectivity index (χ4v) is 4.04. The zero-order valence-electron chi connectivity index (χ0n) is 12.1. The SMILES string of the molecule is Nc1ncc(/C=C/CNS(=O)(=O)c2ccccc2)c2sccc12. The molecule has 3 N–H and O–H groups in total. The van der Waals surface area contributed by atoms with Crippen LogP contribution in [0, 0.1) is 0 Å². The number of sulfonamides is 1. The number of thiophene rings is 1. The Morgan fingerprint density at radius 1 is 1.22 bits per heavy atom. The molecule has 0 atom stereocenters. The van der Waals surface area contributed by atoms with E-state index in [0.29, 0.717) is 5.82 Å². The van der Waals surface area contributed by atoms with Gasteiger partial charge in [-0.3, -0.25) is 0 Å². The molecule has 0 aliphatic heterocycles. The predicted octanol–water partition coefficient (Wildman–Crippen LogP) is 2.87. The number of fused-ring (bicyclic) bond motifs is 1. The van der Waals surface area contributed by atoms with Crippen molar-refractivity contribution in [2.45, 2.75) is 4.90 Å². The summed E-state index contributed by atoms with van der Waals surface area (Å²) >= 11 is 1.58. The molecule has 23 heavy (non-hydrogen) atoms. The summed E-state index contributed by atoms with van der Waals surface area (Å²) in [6.45, 7) is 0.203. The molecule has 3 rings (SSSR count). The van der Waals surface area contributed by atoms with Crippen LogP contribution in [-0.2, 0) is 10.0 Å². The second-order valence-electron chi connectivity index (χ2n) is 4.83. The molecular weight excluding hydrogens is 330 g/mol. The van der Waals surface area contributed by atoms with Gasteiger partial charge in [-0.1, -0.05) is 30.4 Å². The first-order valence-corrected chi connectivity index (χ1v) is 9.27. The lowest BCUT2D eigenvalue weighted by Crippen LogP contribution is -2.23. The number of benzene rings is 1. The van der Waals surface area contributed by atoms with Gasteiger partial charge >= 0.3 is 0 Å². The Kier molecular flexibility index (Phi) is 4.42. The molecule has 0 radical (unpaired) electrons.